The number of hydrogen-bond donors (Lipinski definition) is 0. The van der Waals surface area contributed by atoms with Gasteiger partial charge in [-0.15, -0.1) is 0 Å². The average molecular weight is 895 g/mol. The molecule has 332 valence electrons. The van der Waals surface area contributed by atoms with Gasteiger partial charge in [-0.05, 0) is 150 Å². The van der Waals surface area contributed by atoms with E-state index >= 15 is 0 Å². The number of benzene rings is 11. The third-order valence-electron chi connectivity index (χ3n) is 13.8. The van der Waals surface area contributed by atoms with E-state index in [0.717, 1.165) is 46.1 Å². The highest BCUT2D eigenvalue weighted by Crippen LogP contribution is 2.49. The Morgan fingerprint density at radius 3 is 1.56 bits per heavy atom. The lowest BCUT2D eigenvalue weighted by Gasteiger charge is -2.30. The number of allylic oxidation sites excluding steroid dienone is 7. The second-order valence-corrected chi connectivity index (χ2v) is 18.2. The molecule has 0 amide bonds. The molecule has 0 radical (unpaired) electrons. The highest BCUT2D eigenvalue weighted by Gasteiger charge is 2.24. The quantitative estimate of drug-likeness (QED) is 0.140. The molecule has 12 rings (SSSR count). The molecule has 0 atom stereocenters. The van der Waals surface area contributed by atoms with E-state index in [9.17, 15) is 0 Å². The molecule has 0 bridgehead atoms. The van der Waals surface area contributed by atoms with Crippen LogP contribution in [0.4, 0.5) is 28.4 Å². The van der Waals surface area contributed by atoms with Gasteiger partial charge >= 0.3 is 0 Å². The molecule has 11 aromatic carbocycles. The summed E-state index contributed by atoms with van der Waals surface area (Å²) in [5.41, 5.74) is 13.3. The first-order valence-electron chi connectivity index (χ1n) is 24.2. The summed E-state index contributed by atoms with van der Waals surface area (Å²) in [5, 5.41) is 11.9. The molecule has 1 aliphatic rings. The minimum absolute atomic E-state index is 0.853. The topological polar surface area (TPSA) is 6.48 Å². The SMILES string of the molecule is C=C1/C=C\C=C/C/C=C\C=C1N(c1ccc2ccccc2c1)c1ccc2c(-c3ccccc3)c3cc(N(c4ccc5ccccc5c4)c4cccc5ccccc45)ccc3c(-c3ccc(C)cc3)c2c1. The Kier molecular flexibility index (Phi) is 11.1. The van der Waals surface area contributed by atoms with Crippen LogP contribution < -0.4 is 9.80 Å². The van der Waals surface area contributed by atoms with E-state index in [0.29, 0.717) is 0 Å². The summed E-state index contributed by atoms with van der Waals surface area (Å²) in [4.78, 5) is 4.83. The van der Waals surface area contributed by atoms with Crippen molar-refractivity contribution in [1.82, 2.24) is 0 Å². The van der Waals surface area contributed by atoms with Crippen LogP contribution in [-0.4, -0.2) is 0 Å². The fraction of sp³-hybridized carbons (Fsp3) is 0.0294. The van der Waals surface area contributed by atoms with Gasteiger partial charge in [0, 0.05) is 28.1 Å². The van der Waals surface area contributed by atoms with Gasteiger partial charge in [0.2, 0.25) is 0 Å². The molecule has 0 fully saturated rings. The number of fused-ring (bicyclic) bond motifs is 5. The van der Waals surface area contributed by atoms with Crippen molar-refractivity contribution in [2.24, 2.45) is 0 Å². The number of anilines is 5. The van der Waals surface area contributed by atoms with E-state index in [1.807, 2.05) is 0 Å². The highest BCUT2D eigenvalue weighted by molar-refractivity contribution is 6.23. The Morgan fingerprint density at radius 2 is 0.886 bits per heavy atom. The maximum atomic E-state index is 4.66. The summed E-state index contributed by atoms with van der Waals surface area (Å²) in [6, 6.07) is 80.4. The summed E-state index contributed by atoms with van der Waals surface area (Å²) in [5.74, 6) is 0. The molecular formula is C68H50N2. The van der Waals surface area contributed by atoms with Gasteiger partial charge < -0.3 is 9.80 Å². The largest absolute Gasteiger partial charge is 0.310 e. The minimum Gasteiger partial charge on any atom is -0.310 e. The molecular weight excluding hydrogens is 845 g/mol. The third kappa shape index (κ3) is 7.86. The van der Waals surface area contributed by atoms with Crippen molar-refractivity contribution in [2.45, 2.75) is 13.3 Å². The smallest absolute Gasteiger partial charge is 0.0540 e. The van der Waals surface area contributed by atoms with Gasteiger partial charge in [0.25, 0.3) is 0 Å². The summed E-state index contributed by atoms with van der Waals surface area (Å²) >= 11 is 0. The van der Waals surface area contributed by atoms with Crippen molar-refractivity contribution in [3.63, 3.8) is 0 Å². The Labute approximate surface area is 410 Å². The lowest BCUT2D eigenvalue weighted by atomic mass is 9.85. The Balaban J connectivity index is 1.16. The van der Waals surface area contributed by atoms with Gasteiger partial charge in [0.1, 0.15) is 0 Å². The molecule has 0 unspecified atom stereocenters. The maximum absolute atomic E-state index is 4.66. The van der Waals surface area contributed by atoms with Crippen LogP contribution in [0, 0.1) is 6.92 Å². The highest BCUT2D eigenvalue weighted by atomic mass is 15.2. The third-order valence-corrected chi connectivity index (χ3v) is 13.8. The van der Waals surface area contributed by atoms with Crippen molar-refractivity contribution in [1.29, 1.82) is 0 Å². The molecule has 2 heteroatoms. The first kappa shape index (κ1) is 42.4. The lowest BCUT2D eigenvalue weighted by molar-refractivity contribution is 1.19. The zero-order valence-electron chi connectivity index (χ0n) is 39.1. The van der Waals surface area contributed by atoms with E-state index < -0.39 is 0 Å². The maximum Gasteiger partial charge on any atom is 0.0540 e. The van der Waals surface area contributed by atoms with Crippen molar-refractivity contribution in [2.75, 3.05) is 9.80 Å². The van der Waals surface area contributed by atoms with E-state index in [1.165, 1.54) is 81.7 Å². The van der Waals surface area contributed by atoms with Crippen molar-refractivity contribution < 1.29 is 0 Å². The van der Waals surface area contributed by atoms with Crippen LogP contribution in [-0.2, 0) is 0 Å². The Morgan fingerprint density at radius 1 is 0.371 bits per heavy atom. The van der Waals surface area contributed by atoms with E-state index in [4.69, 9.17) is 0 Å². The molecule has 0 heterocycles. The molecule has 2 nitrogen and oxygen atoms in total. The summed E-state index contributed by atoms with van der Waals surface area (Å²) in [6.07, 6.45) is 15.9. The van der Waals surface area contributed by atoms with Gasteiger partial charge in [-0.3, -0.25) is 0 Å². The number of rotatable bonds is 8. The van der Waals surface area contributed by atoms with Crippen LogP contribution in [0.15, 0.2) is 279 Å². The first-order chi connectivity index (χ1) is 34.6. The van der Waals surface area contributed by atoms with Crippen LogP contribution >= 0.6 is 0 Å². The van der Waals surface area contributed by atoms with Crippen molar-refractivity contribution in [3.05, 3.63) is 284 Å². The van der Waals surface area contributed by atoms with E-state index in [-0.39, 0.29) is 0 Å². The van der Waals surface area contributed by atoms with Gasteiger partial charge in [-0.25, -0.2) is 0 Å². The standard InChI is InChI=1S/C68H50N2/c1-47-31-33-53(34-32-47)68-62-42-40-59(70(57-38-36-50-21-13-15-26-55(50)44-57)66-30-18-27-51-22-16-17-28-60(51)66)46-63(62)67(52-23-9-7-10-24-52)61-41-39-58(45-64(61)68)69(56-37-35-49-20-12-14-25-54(49)43-56)65-29-11-6-4-3-5-8-19-48(65)2/h3,5-46H,2,4H2,1H3/b5-3-,11-6-,19-8-,65-29?. The molecule has 11 aromatic rings. The van der Waals surface area contributed by atoms with Gasteiger partial charge in [0.05, 0.1) is 11.4 Å². The summed E-state index contributed by atoms with van der Waals surface area (Å²) < 4.78 is 0. The van der Waals surface area contributed by atoms with Crippen LogP contribution in [0.25, 0.3) is 76.1 Å². The fourth-order valence-electron chi connectivity index (χ4n) is 10.4. The first-order valence-corrected chi connectivity index (χ1v) is 24.2. The lowest BCUT2D eigenvalue weighted by Crippen LogP contribution is -2.17. The van der Waals surface area contributed by atoms with Crippen LogP contribution in [0.2, 0.25) is 0 Å². The number of aryl methyl sites for hydroxylation is 1. The van der Waals surface area contributed by atoms with Gasteiger partial charge in [-0.2, -0.15) is 0 Å². The molecule has 0 spiro atoms. The van der Waals surface area contributed by atoms with Crippen LogP contribution in [0.1, 0.15) is 12.0 Å². The normalized spacial score (nSPS) is 14.2. The average Bonchev–Trinajstić information content (AvgIpc) is 3.41. The van der Waals surface area contributed by atoms with Crippen molar-refractivity contribution >= 4 is 82.3 Å². The molecule has 0 N–H and O–H groups in total. The van der Waals surface area contributed by atoms with Crippen molar-refractivity contribution in [3.8, 4) is 22.3 Å². The summed E-state index contributed by atoms with van der Waals surface area (Å²) in [7, 11) is 0. The van der Waals surface area contributed by atoms with Gasteiger partial charge in [-0.1, -0.05) is 212 Å². The minimum atomic E-state index is 0.853. The molecule has 0 aromatic heterocycles. The molecule has 0 saturated carbocycles. The fourth-order valence-corrected chi connectivity index (χ4v) is 10.4. The zero-order chi connectivity index (χ0) is 47.0. The molecule has 70 heavy (non-hydrogen) atoms. The molecule has 1 aliphatic carbocycles. The summed E-state index contributed by atoms with van der Waals surface area (Å²) in [6.45, 7) is 6.83. The second-order valence-electron chi connectivity index (χ2n) is 18.2. The van der Waals surface area contributed by atoms with Crippen LogP contribution in [0.5, 0.6) is 0 Å². The second kappa shape index (κ2) is 18.3. The Hall–Kier alpha value is -8.98. The van der Waals surface area contributed by atoms with Crippen LogP contribution in [0.3, 0.4) is 0 Å². The van der Waals surface area contributed by atoms with E-state index in [2.05, 4.69) is 284 Å². The number of hydrogen-bond acceptors (Lipinski definition) is 2. The van der Waals surface area contributed by atoms with E-state index in [1.54, 1.807) is 0 Å². The predicted molar refractivity (Wildman–Crippen MR) is 302 cm³/mol. The monoisotopic (exact) mass is 894 g/mol. The number of nitrogens with zero attached hydrogens (tertiary/aromatic N) is 2. The Bertz CT molecular complexity index is 3940. The van der Waals surface area contributed by atoms with Gasteiger partial charge in [0.15, 0.2) is 0 Å². The predicted octanol–water partition coefficient (Wildman–Crippen LogP) is 19.2. The molecule has 0 aliphatic heterocycles. The zero-order valence-corrected chi connectivity index (χ0v) is 39.1. The molecule has 0 saturated heterocycles.